The molecule has 1 fully saturated rings. The number of hydrogen-bond acceptors (Lipinski definition) is 2. The summed E-state index contributed by atoms with van der Waals surface area (Å²) in [5.74, 6) is 1.11. The minimum absolute atomic E-state index is 0.220. The van der Waals surface area contributed by atoms with E-state index in [0.29, 0.717) is 0 Å². The summed E-state index contributed by atoms with van der Waals surface area (Å²) in [4.78, 5) is 4.64. The Labute approximate surface area is 115 Å². The van der Waals surface area contributed by atoms with E-state index in [0.717, 1.165) is 28.4 Å². The Morgan fingerprint density at radius 3 is 2.88 bits per heavy atom. The molecule has 0 bridgehead atoms. The van der Waals surface area contributed by atoms with Crippen LogP contribution in [0.3, 0.4) is 0 Å². The van der Waals surface area contributed by atoms with Gasteiger partial charge in [0.1, 0.15) is 0 Å². The van der Waals surface area contributed by atoms with E-state index in [1.807, 2.05) is 23.9 Å². The summed E-state index contributed by atoms with van der Waals surface area (Å²) in [5, 5.41) is 4.58. The number of benzene rings is 1. The predicted molar refractivity (Wildman–Crippen MR) is 79.6 cm³/mol. The van der Waals surface area contributed by atoms with Crippen LogP contribution in [-0.2, 0) is 6.54 Å². The number of rotatable bonds is 3. The van der Waals surface area contributed by atoms with Gasteiger partial charge in [-0.1, -0.05) is 52.8 Å². The Morgan fingerprint density at radius 2 is 2.24 bits per heavy atom. The van der Waals surface area contributed by atoms with Crippen LogP contribution in [0.25, 0.3) is 0 Å². The third-order valence-corrected chi connectivity index (χ3v) is 5.13. The van der Waals surface area contributed by atoms with E-state index >= 15 is 0 Å². The molecule has 4 heteroatoms. The van der Waals surface area contributed by atoms with Gasteiger partial charge in [0.05, 0.1) is 6.54 Å². The summed E-state index contributed by atoms with van der Waals surface area (Å²) >= 11 is 5.37. The van der Waals surface area contributed by atoms with Gasteiger partial charge in [0.2, 0.25) is 0 Å². The van der Waals surface area contributed by atoms with E-state index in [2.05, 4.69) is 52.2 Å². The molecule has 2 nitrogen and oxygen atoms in total. The molecule has 1 aliphatic rings. The van der Waals surface area contributed by atoms with E-state index in [1.165, 1.54) is 5.56 Å². The summed E-state index contributed by atoms with van der Waals surface area (Å²) in [6.07, 6.45) is 1.13. The summed E-state index contributed by atoms with van der Waals surface area (Å²) < 4.78 is 1.13. The number of thioether (sulfide) groups is 1. The van der Waals surface area contributed by atoms with Crippen molar-refractivity contribution in [3.8, 4) is 0 Å². The lowest BCUT2D eigenvalue weighted by molar-refractivity contribution is 0.466. The van der Waals surface area contributed by atoms with Crippen molar-refractivity contribution in [3.63, 3.8) is 0 Å². The number of amidine groups is 1. The normalized spacial score (nSPS) is 26.2. The maximum absolute atomic E-state index is 4.64. The first-order chi connectivity index (χ1) is 8.13. The van der Waals surface area contributed by atoms with Crippen LogP contribution in [0, 0.1) is 0 Å². The summed E-state index contributed by atoms with van der Waals surface area (Å²) in [5.41, 5.74) is 1.45. The molecule has 92 valence electrons. The van der Waals surface area contributed by atoms with Crippen molar-refractivity contribution >= 4 is 32.9 Å². The molecular formula is C13H17BrN2S. The third-order valence-electron chi connectivity index (χ3n) is 3.07. The molecule has 17 heavy (non-hydrogen) atoms. The molecule has 0 aromatic heterocycles. The van der Waals surface area contributed by atoms with Crippen molar-refractivity contribution in [1.29, 1.82) is 0 Å². The topological polar surface area (TPSA) is 24.4 Å². The Kier molecular flexibility index (Phi) is 4.15. The molecule has 1 N–H and O–H groups in total. The van der Waals surface area contributed by atoms with E-state index in [1.54, 1.807) is 0 Å². The summed E-state index contributed by atoms with van der Waals surface area (Å²) in [6.45, 7) is 5.20. The second-order valence-corrected chi connectivity index (χ2v) is 6.36. The number of aliphatic imine (C=N–C) groups is 1. The van der Waals surface area contributed by atoms with Crippen LogP contribution < -0.4 is 5.32 Å². The van der Waals surface area contributed by atoms with Gasteiger partial charge in [0, 0.05) is 15.8 Å². The molecule has 0 aliphatic carbocycles. The fraction of sp³-hybridized carbons (Fsp3) is 0.462. The number of hydrogen-bond donors (Lipinski definition) is 1. The predicted octanol–water partition coefficient (Wildman–Crippen LogP) is 3.81. The van der Waals surface area contributed by atoms with Gasteiger partial charge < -0.3 is 5.32 Å². The molecule has 1 unspecified atom stereocenters. The van der Waals surface area contributed by atoms with Crippen LogP contribution in [-0.4, -0.2) is 16.5 Å². The fourth-order valence-electron chi connectivity index (χ4n) is 1.62. The Morgan fingerprint density at radius 1 is 1.47 bits per heavy atom. The number of nitrogens with zero attached hydrogens (tertiary/aromatic N) is 1. The molecule has 1 aliphatic heterocycles. The lowest BCUT2D eigenvalue weighted by Gasteiger charge is -2.20. The van der Waals surface area contributed by atoms with Gasteiger partial charge in [-0.25, -0.2) is 0 Å². The zero-order valence-electron chi connectivity index (χ0n) is 10.2. The Balaban J connectivity index is 2.01. The average Bonchev–Trinajstić information content (AvgIpc) is 2.71. The van der Waals surface area contributed by atoms with Crippen LogP contribution in [0.15, 0.2) is 33.7 Å². The van der Waals surface area contributed by atoms with Gasteiger partial charge in [-0.2, -0.15) is 0 Å². The molecule has 1 saturated heterocycles. The molecule has 0 spiro atoms. The SMILES string of the molecule is CCC1(C)CSC(=NCc2ccccc2Br)N1. The van der Waals surface area contributed by atoms with Crippen molar-refractivity contribution in [1.82, 2.24) is 5.32 Å². The largest absolute Gasteiger partial charge is 0.359 e. The zero-order chi connectivity index (χ0) is 12.3. The monoisotopic (exact) mass is 312 g/mol. The molecule has 1 aromatic carbocycles. The molecule has 0 radical (unpaired) electrons. The van der Waals surface area contributed by atoms with E-state index in [4.69, 9.17) is 0 Å². The Bertz CT molecular complexity index is 433. The van der Waals surface area contributed by atoms with E-state index in [-0.39, 0.29) is 5.54 Å². The third kappa shape index (κ3) is 3.26. The smallest absolute Gasteiger partial charge is 0.157 e. The molecule has 2 rings (SSSR count). The van der Waals surface area contributed by atoms with Crippen LogP contribution in [0.1, 0.15) is 25.8 Å². The highest BCUT2D eigenvalue weighted by molar-refractivity contribution is 9.10. The van der Waals surface area contributed by atoms with E-state index < -0.39 is 0 Å². The van der Waals surface area contributed by atoms with Gasteiger partial charge >= 0.3 is 0 Å². The van der Waals surface area contributed by atoms with Crippen LogP contribution in [0.4, 0.5) is 0 Å². The lowest BCUT2D eigenvalue weighted by atomic mass is 10.0. The van der Waals surface area contributed by atoms with Crippen molar-refractivity contribution in [2.24, 2.45) is 4.99 Å². The molecule has 1 atom stereocenters. The standard InChI is InChI=1S/C13H17BrN2S/c1-3-13(2)9-17-12(16-13)15-8-10-6-4-5-7-11(10)14/h4-7H,3,8-9H2,1-2H3,(H,15,16). The molecular weight excluding hydrogens is 296 g/mol. The highest BCUT2D eigenvalue weighted by atomic mass is 79.9. The van der Waals surface area contributed by atoms with Gasteiger partial charge in [0.25, 0.3) is 0 Å². The van der Waals surface area contributed by atoms with Crippen molar-refractivity contribution < 1.29 is 0 Å². The van der Waals surface area contributed by atoms with Gasteiger partial charge in [0.15, 0.2) is 5.17 Å². The van der Waals surface area contributed by atoms with Crippen LogP contribution in [0.5, 0.6) is 0 Å². The highest BCUT2D eigenvalue weighted by Gasteiger charge is 2.30. The number of nitrogens with one attached hydrogen (secondary N) is 1. The second-order valence-electron chi connectivity index (χ2n) is 4.54. The first kappa shape index (κ1) is 13.0. The van der Waals surface area contributed by atoms with Crippen LogP contribution >= 0.6 is 27.7 Å². The first-order valence-corrected chi connectivity index (χ1v) is 7.60. The van der Waals surface area contributed by atoms with Crippen molar-refractivity contribution in [2.75, 3.05) is 5.75 Å². The maximum Gasteiger partial charge on any atom is 0.157 e. The Hall–Kier alpha value is -0.480. The summed E-state index contributed by atoms with van der Waals surface area (Å²) in [7, 11) is 0. The minimum Gasteiger partial charge on any atom is -0.359 e. The molecule has 0 amide bonds. The summed E-state index contributed by atoms with van der Waals surface area (Å²) in [6, 6.07) is 8.23. The lowest BCUT2D eigenvalue weighted by Crippen LogP contribution is -2.39. The zero-order valence-corrected chi connectivity index (χ0v) is 12.6. The van der Waals surface area contributed by atoms with Crippen molar-refractivity contribution in [2.45, 2.75) is 32.4 Å². The average molecular weight is 313 g/mol. The second kappa shape index (κ2) is 5.44. The first-order valence-electron chi connectivity index (χ1n) is 5.82. The fourth-order valence-corrected chi connectivity index (χ4v) is 3.23. The van der Waals surface area contributed by atoms with Gasteiger partial charge in [-0.3, -0.25) is 4.99 Å². The quantitative estimate of drug-likeness (QED) is 0.917. The van der Waals surface area contributed by atoms with E-state index in [9.17, 15) is 0 Å². The van der Waals surface area contributed by atoms with Crippen LogP contribution in [0.2, 0.25) is 0 Å². The highest BCUT2D eigenvalue weighted by Crippen LogP contribution is 2.26. The van der Waals surface area contributed by atoms with Crippen molar-refractivity contribution in [3.05, 3.63) is 34.3 Å². The maximum atomic E-state index is 4.64. The van der Waals surface area contributed by atoms with Gasteiger partial charge in [-0.15, -0.1) is 0 Å². The molecule has 0 saturated carbocycles. The molecule has 1 aromatic rings. The number of halogens is 1. The minimum atomic E-state index is 0.220. The molecule has 1 heterocycles. The van der Waals surface area contributed by atoms with Gasteiger partial charge in [-0.05, 0) is 25.0 Å².